The summed E-state index contributed by atoms with van der Waals surface area (Å²) < 4.78 is 17.7. The monoisotopic (exact) mass is 348 g/mol. The molecule has 3 nitrogen and oxygen atoms in total. The maximum Gasteiger partial charge on any atom is 0.133 e. The normalized spacial score (nSPS) is 16.8. The highest BCUT2D eigenvalue weighted by Gasteiger charge is 2.21. The predicted molar refractivity (Wildman–Crippen MR) is 85.5 cm³/mol. The van der Waals surface area contributed by atoms with E-state index in [2.05, 4.69) is 22.0 Å². The molecule has 0 saturated carbocycles. The fourth-order valence-electron chi connectivity index (χ4n) is 2.50. The van der Waals surface area contributed by atoms with E-state index < -0.39 is 0 Å². The van der Waals surface area contributed by atoms with E-state index in [9.17, 15) is 0 Å². The van der Waals surface area contributed by atoms with Crippen LogP contribution in [-0.2, 0) is 0 Å². The number of benzene rings is 2. The van der Waals surface area contributed by atoms with Crippen LogP contribution in [0.1, 0.15) is 17.9 Å². The van der Waals surface area contributed by atoms with Gasteiger partial charge in [0.1, 0.15) is 17.2 Å². The number of rotatable bonds is 4. The number of ether oxygens (including phenoxy) is 3. The molecule has 0 aliphatic carbocycles. The van der Waals surface area contributed by atoms with Crippen LogP contribution in [0, 0.1) is 0 Å². The zero-order valence-corrected chi connectivity index (χ0v) is 13.4. The Morgan fingerprint density at radius 3 is 2.90 bits per heavy atom. The second kappa shape index (κ2) is 6.39. The molecule has 21 heavy (non-hydrogen) atoms. The number of para-hydroxylation sites is 1. The first-order valence-electron chi connectivity index (χ1n) is 6.96. The first kappa shape index (κ1) is 14.3. The van der Waals surface area contributed by atoms with Crippen molar-refractivity contribution in [2.75, 3.05) is 20.3 Å². The van der Waals surface area contributed by atoms with Crippen molar-refractivity contribution in [2.24, 2.45) is 0 Å². The van der Waals surface area contributed by atoms with Gasteiger partial charge in [-0.1, -0.05) is 18.2 Å². The molecule has 1 heterocycles. The van der Waals surface area contributed by atoms with Gasteiger partial charge in [-0.3, -0.25) is 0 Å². The summed E-state index contributed by atoms with van der Waals surface area (Å²) in [5.74, 6) is 2.99. The maximum absolute atomic E-state index is 5.97. The molecule has 0 spiro atoms. The highest BCUT2D eigenvalue weighted by atomic mass is 79.9. The van der Waals surface area contributed by atoms with Crippen molar-refractivity contribution in [1.29, 1.82) is 0 Å². The summed E-state index contributed by atoms with van der Waals surface area (Å²) in [5.41, 5.74) is 1.23. The summed E-state index contributed by atoms with van der Waals surface area (Å²) in [4.78, 5) is 0. The van der Waals surface area contributed by atoms with Crippen molar-refractivity contribution in [1.82, 2.24) is 0 Å². The second-order valence-corrected chi connectivity index (χ2v) is 5.83. The fraction of sp³-hybridized carbons (Fsp3) is 0.294. The van der Waals surface area contributed by atoms with Crippen molar-refractivity contribution in [3.8, 4) is 17.2 Å². The fourth-order valence-corrected chi connectivity index (χ4v) is 2.98. The SMILES string of the molecule is COc1ccc(OCC2CCOc3ccccc32)c(Br)c1. The Morgan fingerprint density at radius 1 is 1.24 bits per heavy atom. The summed E-state index contributed by atoms with van der Waals surface area (Å²) in [7, 11) is 1.65. The minimum Gasteiger partial charge on any atom is -0.497 e. The Balaban J connectivity index is 1.71. The molecule has 1 unspecified atom stereocenters. The molecule has 3 rings (SSSR count). The standard InChI is InChI=1S/C17H17BrO3/c1-19-13-6-7-17(15(18)10-13)21-11-12-8-9-20-16-5-3-2-4-14(12)16/h2-7,10,12H,8-9,11H2,1H3. The van der Waals surface area contributed by atoms with E-state index in [0.717, 1.165) is 34.7 Å². The van der Waals surface area contributed by atoms with Crippen LogP contribution in [0.3, 0.4) is 0 Å². The van der Waals surface area contributed by atoms with Crippen molar-refractivity contribution >= 4 is 15.9 Å². The van der Waals surface area contributed by atoms with E-state index >= 15 is 0 Å². The van der Waals surface area contributed by atoms with Crippen LogP contribution in [0.15, 0.2) is 46.9 Å². The van der Waals surface area contributed by atoms with E-state index in [1.807, 2.05) is 36.4 Å². The molecule has 0 fully saturated rings. The highest BCUT2D eigenvalue weighted by Crippen LogP contribution is 2.35. The summed E-state index contributed by atoms with van der Waals surface area (Å²) in [6.45, 7) is 1.39. The lowest BCUT2D eigenvalue weighted by atomic mass is 9.94. The molecule has 0 amide bonds. The molecule has 0 N–H and O–H groups in total. The Hall–Kier alpha value is -1.68. The molecule has 4 heteroatoms. The topological polar surface area (TPSA) is 27.7 Å². The van der Waals surface area contributed by atoms with Gasteiger partial charge in [-0.2, -0.15) is 0 Å². The zero-order valence-electron chi connectivity index (χ0n) is 11.8. The van der Waals surface area contributed by atoms with Crippen LogP contribution < -0.4 is 14.2 Å². The van der Waals surface area contributed by atoms with Crippen molar-refractivity contribution < 1.29 is 14.2 Å². The van der Waals surface area contributed by atoms with Crippen LogP contribution in [0.4, 0.5) is 0 Å². The Bertz CT molecular complexity index is 627. The van der Waals surface area contributed by atoms with Gasteiger partial charge < -0.3 is 14.2 Å². The number of methoxy groups -OCH3 is 1. The van der Waals surface area contributed by atoms with Crippen LogP contribution in [0.2, 0.25) is 0 Å². The van der Waals surface area contributed by atoms with E-state index in [1.54, 1.807) is 7.11 Å². The van der Waals surface area contributed by atoms with Gasteiger partial charge in [0.25, 0.3) is 0 Å². The number of halogens is 1. The number of hydrogen-bond donors (Lipinski definition) is 0. The molecule has 0 radical (unpaired) electrons. The first-order chi connectivity index (χ1) is 10.3. The van der Waals surface area contributed by atoms with Gasteiger partial charge in [0.15, 0.2) is 0 Å². The highest BCUT2D eigenvalue weighted by molar-refractivity contribution is 9.10. The van der Waals surface area contributed by atoms with E-state index in [4.69, 9.17) is 14.2 Å². The van der Waals surface area contributed by atoms with Gasteiger partial charge in [0.2, 0.25) is 0 Å². The molecule has 110 valence electrons. The minimum absolute atomic E-state index is 0.365. The molecule has 1 aliphatic heterocycles. The molecule has 2 aromatic rings. The third-order valence-electron chi connectivity index (χ3n) is 3.66. The van der Waals surface area contributed by atoms with Crippen molar-refractivity contribution in [2.45, 2.75) is 12.3 Å². The molecule has 1 atom stereocenters. The van der Waals surface area contributed by atoms with E-state index in [0.29, 0.717) is 12.5 Å². The molecular weight excluding hydrogens is 332 g/mol. The molecule has 0 bridgehead atoms. The Morgan fingerprint density at radius 2 is 2.10 bits per heavy atom. The number of fused-ring (bicyclic) bond motifs is 1. The van der Waals surface area contributed by atoms with Gasteiger partial charge in [-0.25, -0.2) is 0 Å². The zero-order chi connectivity index (χ0) is 14.7. The molecule has 1 aliphatic rings. The smallest absolute Gasteiger partial charge is 0.133 e. The molecule has 0 saturated heterocycles. The van der Waals surface area contributed by atoms with Crippen molar-refractivity contribution in [3.63, 3.8) is 0 Å². The van der Waals surface area contributed by atoms with Crippen molar-refractivity contribution in [3.05, 3.63) is 52.5 Å². The lowest BCUT2D eigenvalue weighted by molar-refractivity contribution is 0.216. The van der Waals surface area contributed by atoms with E-state index in [-0.39, 0.29) is 0 Å². The lowest BCUT2D eigenvalue weighted by Gasteiger charge is -2.26. The third-order valence-corrected chi connectivity index (χ3v) is 4.28. The lowest BCUT2D eigenvalue weighted by Crippen LogP contribution is -2.19. The average Bonchev–Trinajstić information content (AvgIpc) is 2.53. The molecular formula is C17H17BrO3. The molecule has 0 aromatic heterocycles. The summed E-state index contributed by atoms with van der Waals surface area (Å²) >= 11 is 3.51. The second-order valence-electron chi connectivity index (χ2n) is 4.98. The van der Waals surface area contributed by atoms with Crippen LogP contribution >= 0.6 is 15.9 Å². The number of hydrogen-bond acceptors (Lipinski definition) is 3. The first-order valence-corrected chi connectivity index (χ1v) is 7.75. The van der Waals surface area contributed by atoms with Gasteiger partial charge >= 0.3 is 0 Å². The van der Waals surface area contributed by atoms with Gasteiger partial charge in [0.05, 0.1) is 24.8 Å². The summed E-state index contributed by atoms with van der Waals surface area (Å²) in [6.07, 6.45) is 0.977. The molecule has 2 aromatic carbocycles. The van der Waals surface area contributed by atoms with Crippen LogP contribution in [-0.4, -0.2) is 20.3 Å². The maximum atomic E-state index is 5.97. The van der Waals surface area contributed by atoms with Gasteiger partial charge in [0, 0.05) is 11.5 Å². The largest absolute Gasteiger partial charge is 0.497 e. The van der Waals surface area contributed by atoms with Crippen LogP contribution in [0.5, 0.6) is 17.2 Å². The van der Waals surface area contributed by atoms with Gasteiger partial charge in [-0.15, -0.1) is 0 Å². The summed E-state index contributed by atoms with van der Waals surface area (Å²) in [6, 6.07) is 13.9. The third kappa shape index (κ3) is 3.16. The predicted octanol–water partition coefficient (Wildman–Crippen LogP) is 4.40. The van der Waals surface area contributed by atoms with E-state index in [1.165, 1.54) is 5.56 Å². The Kier molecular flexibility index (Phi) is 4.34. The Labute approximate surface area is 133 Å². The van der Waals surface area contributed by atoms with Crippen LogP contribution in [0.25, 0.3) is 0 Å². The quantitative estimate of drug-likeness (QED) is 0.819. The minimum atomic E-state index is 0.365. The van der Waals surface area contributed by atoms with Gasteiger partial charge in [-0.05, 0) is 46.6 Å². The average molecular weight is 349 g/mol. The summed E-state index contributed by atoms with van der Waals surface area (Å²) in [5, 5.41) is 0.